The number of amides is 2. The van der Waals surface area contributed by atoms with Gasteiger partial charge in [-0.05, 0) is 80.8 Å². The Balaban J connectivity index is 1.88. The van der Waals surface area contributed by atoms with Gasteiger partial charge in [0.1, 0.15) is 6.04 Å². The average molecular weight is 441 g/mol. The predicted octanol–water partition coefficient (Wildman–Crippen LogP) is 5.03. The number of nitrogens with zero attached hydrogens (tertiary/aromatic N) is 2. The van der Waals surface area contributed by atoms with Crippen molar-refractivity contribution in [2.24, 2.45) is 0 Å². The molecule has 0 aliphatic carbocycles. The molecule has 2 amide bonds. The summed E-state index contributed by atoms with van der Waals surface area (Å²) in [6, 6.07) is 9.58. The number of esters is 1. The second-order valence-electron chi connectivity index (χ2n) is 7.68. The molecule has 1 aromatic heterocycles. The number of imide groups is 1. The zero-order valence-corrected chi connectivity index (χ0v) is 19.4. The van der Waals surface area contributed by atoms with Gasteiger partial charge in [-0.1, -0.05) is 25.5 Å². The van der Waals surface area contributed by atoms with Crippen LogP contribution >= 0.6 is 11.8 Å². The topological polar surface area (TPSA) is 68.6 Å². The van der Waals surface area contributed by atoms with Crippen LogP contribution in [-0.4, -0.2) is 39.7 Å². The Labute approximate surface area is 187 Å². The first-order valence-corrected chi connectivity index (χ1v) is 11.2. The van der Waals surface area contributed by atoms with Gasteiger partial charge in [-0.15, -0.1) is 0 Å². The van der Waals surface area contributed by atoms with E-state index in [1.807, 2.05) is 19.9 Å². The summed E-state index contributed by atoms with van der Waals surface area (Å²) in [7, 11) is 1.24. The van der Waals surface area contributed by atoms with Crippen LogP contribution in [0.5, 0.6) is 0 Å². The zero-order chi connectivity index (χ0) is 22.7. The van der Waals surface area contributed by atoms with Crippen molar-refractivity contribution in [3.63, 3.8) is 0 Å². The Morgan fingerprint density at radius 1 is 1.19 bits per heavy atom. The van der Waals surface area contributed by atoms with E-state index in [2.05, 4.69) is 40.5 Å². The SMILES string of the molecule is CCCCc1ccc(-n2c(C)cc(/C=C3/SC(=O)N([C@@H](C)C(=O)OC)C3=O)c2C)cc1. The van der Waals surface area contributed by atoms with Gasteiger partial charge in [0, 0.05) is 17.1 Å². The van der Waals surface area contributed by atoms with Crippen molar-refractivity contribution in [1.29, 1.82) is 0 Å². The fraction of sp³-hybridized carbons (Fsp3) is 0.375. The third-order valence-electron chi connectivity index (χ3n) is 5.52. The Morgan fingerprint density at radius 3 is 2.48 bits per heavy atom. The third kappa shape index (κ3) is 4.61. The maximum Gasteiger partial charge on any atom is 0.328 e. The lowest BCUT2D eigenvalue weighted by Crippen LogP contribution is -2.42. The van der Waals surface area contributed by atoms with Crippen molar-refractivity contribution >= 4 is 35.0 Å². The molecule has 2 aromatic rings. The highest BCUT2D eigenvalue weighted by molar-refractivity contribution is 8.18. The Bertz CT molecular complexity index is 1040. The van der Waals surface area contributed by atoms with E-state index in [1.165, 1.54) is 32.4 Å². The minimum absolute atomic E-state index is 0.302. The molecule has 6 nitrogen and oxygen atoms in total. The van der Waals surface area contributed by atoms with Crippen LogP contribution in [0.1, 0.15) is 49.2 Å². The summed E-state index contributed by atoms with van der Waals surface area (Å²) >= 11 is 0.844. The number of thioether (sulfide) groups is 1. The first kappa shape index (κ1) is 22.9. The van der Waals surface area contributed by atoms with Crippen LogP contribution in [0.25, 0.3) is 11.8 Å². The average Bonchev–Trinajstić information content (AvgIpc) is 3.19. The summed E-state index contributed by atoms with van der Waals surface area (Å²) < 4.78 is 6.81. The third-order valence-corrected chi connectivity index (χ3v) is 6.41. The van der Waals surface area contributed by atoms with E-state index in [9.17, 15) is 14.4 Å². The van der Waals surface area contributed by atoms with Gasteiger partial charge in [-0.25, -0.2) is 4.79 Å². The van der Waals surface area contributed by atoms with Gasteiger partial charge >= 0.3 is 5.97 Å². The van der Waals surface area contributed by atoms with Crippen LogP contribution < -0.4 is 0 Å². The van der Waals surface area contributed by atoms with Crippen LogP contribution in [0.3, 0.4) is 0 Å². The van der Waals surface area contributed by atoms with E-state index < -0.39 is 23.2 Å². The highest BCUT2D eigenvalue weighted by atomic mass is 32.2. The molecule has 1 aliphatic rings. The molecular formula is C24H28N2O4S. The second-order valence-corrected chi connectivity index (χ2v) is 8.68. The molecule has 0 N–H and O–H groups in total. The number of methoxy groups -OCH3 is 1. The van der Waals surface area contributed by atoms with Gasteiger partial charge in [0.25, 0.3) is 11.1 Å². The number of carbonyl (C=O) groups excluding carboxylic acids is 3. The normalized spacial score (nSPS) is 16.3. The lowest BCUT2D eigenvalue weighted by atomic mass is 10.1. The number of hydrogen-bond donors (Lipinski definition) is 0. The summed E-state index contributed by atoms with van der Waals surface area (Å²) in [5.74, 6) is -1.10. The van der Waals surface area contributed by atoms with E-state index in [0.29, 0.717) is 4.91 Å². The maximum absolute atomic E-state index is 12.8. The lowest BCUT2D eigenvalue weighted by molar-refractivity contribution is -0.148. The maximum atomic E-state index is 12.8. The molecule has 7 heteroatoms. The van der Waals surface area contributed by atoms with E-state index in [1.54, 1.807) is 6.08 Å². The molecule has 0 bridgehead atoms. The van der Waals surface area contributed by atoms with Crippen molar-refractivity contribution in [2.75, 3.05) is 7.11 Å². The van der Waals surface area contributed by atoms with Gasteiger partial charge < -0.3 is 9.30 Å². The summed E-state index contributed by atoms with van der Waals surface area (Å²) in [6.45, 7) is 7.68. The molecule has 31 heavy (non-hydrogen) atoms. The van der Waals surface area contributed by atoms with Gasteiger partial charge in [0.15, 0.2) is 0 Å². The van der Waals surface area contributed by atoms with Crippen molar-refractivity contribution < 1.29 is 19.1 Å². The number of hydrogen-bond acceptors (Lipinski definition) is 5. The molecule has 0 radical (unpaired) electrons. The van der Waals surface area contributed by atoms with Gasteiger partial charge in [-0.3, -0.25) is 14.5 Å². The molecule has 0 unspecified atom stereocenters. The molecular weight excluding hydrogens is 412 g/mol. The van der Waals surface area contributed by atoms with E-state index >= 15 is 0 Å². The van der Waals surface area contributed by atoms with Crippen LogP contribution in [0.2, 0.25) is 0 Å². The Morgan fingerprint density at radius 2 is 1.87 bits per heavy atom. The van der Waals surface area contributed by atoms with E-state index in [-0.39, 0.29) is 0 Å². The molecule has 0 spiro atoms. The minimum atomic E-state index is -0.956. The number of carbonyl (C=O) groups is 3. The fourth-order valence-electron chi connectivity index (χ4n) is 3.75. The van der Waals surface area contributed by atoms with Crippen LogP contribution in [0.15, 0.2) is 35.2 Å². The summed E-state index contributed by atoms with van der Waals surface area (Å²) in [6.07, 6.45) is 5.15. The van der Waals surface area contributed by atoms with Crippen LogP contribution in [-0.2, 0) is 20.7 Å². The van der Waals surface area contributed by atoms with Crippen molar-refractivity contribution in [3.8, 4) is 5.69 Å². The highest BCUT2D eigenvalue weighted by Crippen LogP contribution is 2.35. The summed E-state index contributed by atoms with van der Waals surface area (Å²) in [5.41, 5.74) is 5.26. The molecule has 3 rings (SSSR count). The Kier molecular flexibility index (Phi) is 7.05. The predicted molar refractivity (Wildman–Crippen MR) is 123 cm³/mol. The molecule has 1 fully saturated rings. The number of rotatable bonds is 7. The molecule has 1 saturated heterocycles. The summed E-state index contributed by atoms with van der Waals surface area (Å²) in [4.78, 5) is 38.2. The number of ether oxygens (including phenoxy) is 1. The fourth-order valence-corrected chi connectivity index (χ4v) is 4.65. The first-order valence-electron chi connectivity index (χ1n) is 10.4. The number of benzene rings is 1. The van der Waals surface area contributed by atoms with Gasteiger partial charge in [0.2, 0.25) is 0 Å². The van der Waals surface area contributed by atoms with Gasteiger partial charge in [-0.2, -0.15) is 0 Å². The zero-order valence-electron chi connectivity index (χ0n) is 18.6. The first-order chi connectivity index (χ1) is 14.8. The molecule has 2 heterocycles. The monoisotopic (exact) mass is 440 g/mol. The smallest absolute Gasteiger partial charge is 0.328 e. The molecule has 1 aliphatic heterocycles. The van der Waals surface area contributed by atoms with Gasteiger partial charge in [0.05, 0.1) is 12.0 Å². The quantitative estimate of drug-likeness (QED) is 0.446. The number of aryl methyl sites for hydroxylation is 2. The van der Waals surface area contributed by atoms with E-state index in [0.717, 1.165) is 45.7 Å². The summed E-state index contributed by atoms with van der Waals surface area (Å²) in [5, 5.41) is -0.467. The standard InChI is InChI=1S/C24H28N2O4S/c1-6-7-8-18-9-11-20(12-10-18)25-15(2)13-19(16(25)3)14-21-22(27)26(24(29)31-21)17(4)23(28)30-5/h9-14,17H,6-8H2,1-5H3/b21-14+/t17-/m0/s1. The van der Waals surface area contributed by atoms with Crippen molar-refractivity contribution in [1.82, 2.24) is 9.47 Å². The molecule has 1 aromatic carbocycles. The second kappa shape index (κ2) is 9.56. The molecule has 164 valence electrons. The van der Waals surface area contributed by atoms with Crippen molar-refractivity contribution in [2.45, 2.75) is 53.0 Å². The van der Waals surface area contributed by atoms with Crippen LogP contribution in [0.4, 0.5) is 4.79 Å². The Hall–Kier alpha value is -2.80. The lowest BCUT2D eigenvalue weighted by Gasteiger charge is -2.18. The molecule has 1 atom stereocenters. The number of unbranched alkanes of at least 4 members (excludes halogenated alkanes) is 1. The highest BCUT2D eigenvalue weighted by Gasteiger charge is 2.41. The van der Waals surface area contributed by atoms with Crippen LogP contribution in [0, 0.1) is 13.8 Å². The number of aromatic nitrogens is 1. The van der Waals surface area contributed by atoms with Crippen molar-refractivity contribution in [3.05, 3.63) is 57.8 Å². The molecule has 0 saturated carbocycles. The largest absolute Gasteiger partial charge is 0.467 e. The van der Waals surface area contributed by atoms with E-state index in [4.69, 9.17) is 0 Å². The minimum Gasteiger partial charge on any atom is -0.467 e.